The van der Waals surface area contributed by atoms with E-state index in [-0.39, 0.29) is 11.3 Å². The number of amides is 1. The average molecular weight is 397 g/mol. The summed E-state index contributed by atoms with van der Waals surface area (Å²) in [7, 11) is 0. The Morgan fingerprint density at radius 3 is 2.71 bits per heavy atom. The lowest BCUT2D eigenvalue weighted by atomic mass is 10.1. The van der Waals surface area contributed by atoms with E-state index >= 15 is 0 Å². The quantitative estimate of drug-likeness (QED) is 0.460. The predicted octanol–water partition coefficient (Wildman–Crippen LogP) is 4.82. The number of hydrogen-bond donors (Lipinski definition) is 2. The number of pyridine rings is 1. The second-order valence-corrected chi connectivity index (χ2v) is 6.53. The van der Waals surface area contributed by atoms with Crippen molar-refractivity contribution in [3.05, 3.63) is 92.8 Å². The van der Waals surface area contributed by atoms with Gasteiger partial charge in [-0.15, -0.1) is 0 Å². The van der Waals surface area contributed by atoms with Crippen molar-refractivity contribution in [3.63, 3.8) is 0 Å². The summed E-state index contributed by atoms with van der Waals surface area (Å²) in [4.78, 5) is 27.4. The molecule has 28 heavy (non-hydrogen) atoms. The molecular weight excluding hydrogens is 380 g/mol. The number of nitrogens with zero attached hydrogens (tertiary/aromatic N) is 2. The van der Waals surface area contributed by atoms with Gasteiger partial charge in [-0.2, -0.15) is 0 Å². The summed E-state index contributed by atoms with van der Waals surface area (Å²) in [6, 6.07) is 13.1. The van der Waals surface area contributed by atoms with Crippen LogP contribution in [-0.2, 0) is 6.54 Å². The maximum Gasteiger partial charge on any atom is 0.293 e. The Kier molecular flexibility index (Phi) is 5.86. The fourth-order valence-electron chi connectivity index (χ4n) is 2.55. The Morgan fingerprint density at radius 1 is 1.21 bits per heavy atom. The van der Waals surface area contributed by atoms with Gasteiger partial charge in [0.15, 0.2) is 0 Å². The molecule has 7 nitrogen and oxygen atoms in total. The summed E-state index contributed by atoms with van der Waals surface area (Å²) in [6.07, 6.45) is 3.33. The molecule has 8 heteroatoms. The van der Waals surface area contributed by atoms with Crippen LogP contribution < -0.4 is 10.6 Å². The standard InChI is InChI=1S/C20H17ClN4O3/c1-13-4-6-16(10-17(13)21)24-20(26)15-5-7-18(19(9-15)25(27)28)23-12-14-3-2-8-22-11-14/h2-11,23H,12H2,1H3,(H,24,26). The summed E-state index contributed by atoms with van der Waals surface area (Å²) < 4.78 is 0. The second kappa shape index (κ2) is 8.49. The van der Waals surface area contributed by atoms with Gasteiger partial charge in [-0.1, -0.05) is 23.7 Å². The third-order valence-electron chi connectivity index (χ3n) is 4.09. The molecule has 142 valence electrons. The van der Waals surface area contributed by atoms with E-state index in [9.17, 15) is 14.9 Å². The van der Waals surface area contributed by atoms with E-state index in [4.69, 9.17) is 11.6 Å². The Labute approximate surface area is 166 Å². The molecule has 0 aliphatic rings. The van der Waals surface area contributed by atoms with Crippen molar-refractivity contribution in [1.29, 1.82) is 0 Å². The molecule has 0 unspecified atom stereocenters. The molecule has 0 aliphatic heterocycles. The predicted molar refractivity (Wildman–Crippen MR) is 109 cm³/mol. The number of carbonyl (C=O) groups is 1. The largest absolute Gasteiger partial charge is 0.375 e. The Balaban J connectivity index is 1.78. The van der Waals surface area contributed by atoms with Crippen LogP contribution in [0.5, 0.6) is 0 Å². The van der Waals surface area contributed by atoms with Crippen LogP contribution >= 0.6 is 11.6 Å². The summed E-state index contributed by atoms with van der Waals surface area (Å²) in [5, 5.41) is 17.7. The van der Waals surface area contributed by atoms with Crippen molar-refractivity contribution in [2.75, 3.05) is 10.6 Å². The number of nitro benzene ring substituents is 1. The molecule has 0 aliphatic carbocycles. The van der Waals surface area contributed by atoms with E-state index in [0.29, 0.717) is 22.9 Å². The molecule has 0 fully saturated rings. The number of aryl methyl sites for hydroxylation is 1. The van der Waals surface area contributed by atoms with Gasteiger partial charge in [-0.3, -0.25) is 19.9 Å². The molecule has 3 aromatic rings. The molecule has 2 N–H and O–H groups in total. The number of carbonyl (C=O) groups excluding carboxylic acids is 1. The summed E-state index contributed by atoms with van der Waals surface area (Å²) in [6.45, 7) is 2.23. The van der Waals surface area contributed by atoms with Gasteiger partial charge in [-0.05, 0) is 48.4 Å². The zero-order valence-corrected chi connectivity index (χ0v) is 15.7. The van der Waals surface area contributed by atoms with Gasteiger partial charge in [0, 0.05) is 41.3 Å². The van der Waals surface area contributed by atoms with Crippen LogP contribution in [0.3, 0.4) is 0 Å². The van der Waals surface area contributed by atoms with Crippen LogP contribution in [0.15, 0.2) is 60.9 Å². The van der Waals surface area contributed by atoms with Crippen molar-refractivity contribution >= 4 is 34.6 Å². The maximum absolute atomic E-state index is 12.5. The molecule has 1 heterocycles. The highest BCUT2D eigenvalue weighted by Gasteiger charge is 2.18. The monoisotopic (exact) mass is 396 g/mol. The highest BCUT2D eigenvalue weighted by atomic mass is 35.5. The molecule has 0 bridgehead atoms. The van der Waals surface area contributed by atoms with E-state index in [1.165, 1.54) is 18.2 Å². The van der Waals surface area contributed by atoms with Crippen LogP contribution in [-0.4, -0.2) is 15.8 Å². The van der Waals surface area contributed by atoms with Crippen molar-refractivity contribution in [2.24, 2.45) is 0 Å². The van der Waals surface area contributed by atoms with E-state index in [1.54, 1.807) is 36.7 Å². The third kappa shape index (κ3) is 4.63. The molecule has 2 aromatic carbocycles. The van der Waals surface area contributed by atoms with Crippen molar-refractivity contribution in [1.82, 2.24) is 4.98 Å². The molecule has 0 atom stereocenters. The Hall–Kier alpha value is -3.45. The fraction of sp³-hybridized carbons (Fsp3) is 0.100. The minimum atomic E-state index is -0.523. The number of hydrogen-bond acceptors (Lipinski definition) is 5. The van der Waals surface area contributed by atoms with Crippen molar-refractivity contribution in [2.45, 2.75) is 13.5 Å². The van der Waals surface area contributed by atoms with E-state index < -0.39 is 10.8 Å². The smallest absolute Gasteiger partial charge is 0.293 e. The normalized spacial score (nSPS) is 10.4. The van der Waals surface area contributed by atoms with Crippen LogP contribution in [0.1, 0.15) is 21.5 Å². The SMILES string of the molecule is Cc1ccc(NC(=O)c2ccc(NCc3cccnc3)c([N+](=O)[O-])c2)cc1Cl. The number of rotatable bonds is 6. The molecule has 0 saturated heterocycles. The molecule has 0 radical (unpaired) electrons. The van der Waals surface area contributed by atoms with E-state index in [0.717, 1.165) is 11.1 Å². The highest BCUT2D eigenvalue weighted by molar-refractivity contribution is 6.31. The molecular formula is C20H17ClN4O3. The number of aromatic nitrogens is 1. The second-order valence-electron chi connectivity index (χ2n) is 6.12. The first-order chi connectivity index (χ1) is 13.4. The van der Waals surface area contributed by atoms with Crippen LogP contribution in [0.4, 0.5) is 17.1 Å². The van der Waals surface area contributed by atoms with Gasteiger partial charge in [0.1, 0.15) is 5.69 Å². The van der Waals surface area contributed by atoms with Crippen molar-refractivity contribution in [3.8, 4) is 0 Å². The number of benzene rings is 2. The first kappa shape index (κ1) is 19.3. The van der Waals surface area contributed by atoms with Gasteiger partial charge in [-0.25, -0.2) is 0 Å². The Morgan fingerprint density at radius 2 is 2.04 bits per heavy atom. The lowest BCUT2D eigenvalue weighted by Crippen LogP contribution is -2.13. The van der Waals surface area contributed by atoms with Crippen LogP contribution in [0.2, 0.25) is 5.02 Å². The van der Waals surface area contributed by atoms with E-state index in [1.807, 2.05) is 13.0 Å². The lowest BCUT2D eigenvalue weighted by molar-refractivity contribution is -0.384. The summed E-state index contributed by atoms with van der Waals surface area (Å²) >= 11 is 6.06. The lowest BCUT2D eigenvalue weighted by Gasteiger charge is -2.10. The van der Waals surface area contributed by atoms with Gasteiger partial charge in [0.05, 0.1) is 4.92 Å². The van der Waals surface area contributed by atoms with Gasteiger partial charge < -0.3 is 10.6 Å². The minimum absolute atomic E-state index is 0.176. The zero-order valence-electron chi connectivity index (χ0n) is 15.0. The fourth-order valence-corrected chi connectivity index (χ4v) is 2.73. The number of halogens is 1. The first-order valence-electron chi connectivity index (χ1n) is 8.43. The first-order valence-corrected chi connectivity index (χ1v) is 8.80. The van der Waals surface area contributed by atoms with Crippen LogP contribution in [0.25, 0.3) is 0 Å². The molecule has 1 amide bonds. The topological polar surface area (TPSA) is 97.2 Å². The van der Waals surface area contributed by atoms with Gasteiger partial charge in [0.2, 0.25) is 0 Å². The minimum Gasteiger partial charge on any atom is -0.375 e. The number of nitro groups is 1. The highest BCUT2D eigenvalue weighted by Crippen LogP contribution is 2.27. The van der Waals surface area contributed by atoms with Gasteiger partial charge in [0.25, 0.3) is 11.6 Å². The zero-order chi connectivity index (χ0) is 20.1. The maximum atomic E-state index is 12.5. The number of anilines is 2. The molecule has 3 rings (SSSR count). The third-order valence-corrected chi connectivity index (χ3v) is 4.50. The average Bonchev–Trinajstić information content (AvgIpc) is 2.69. The van der Waals surface area contributed by atoms with Crippen molar-refractivity contribution < 1.29 is 9.72 Å². The number of nitrogens with one attached hydrogen (secondary N) is 2. The van der Waals surface area contributed by atoms with E-state index in [2.05, 4.69) is 15.6 Å². The summed E-state index contributed by atoms with van der Waals surface area (Å²) in [5.74, 6) is -0.457. The molecule has 1 aromatic heterocycles. The molecule has 0 spiro atoms. The Bertz CT molecular complexity index is 1030. The van der Waals surface area contributed by atoms with Crippen LogP contribution in [0, 0.1) is 17.0 Å². The summed E-state index contributed by atoms with van der Waals surface area (Å²) in [5.41, 5.74) is 2.61. The molecule has 0 saturated carbocycles. The van der Waals surface area contributed by atoms with Gasteiger partial charge >= 0.3 is 0 Å².